The first kappa shape index (κ1) is 12.1. The smallest absolute Gasteiger partial charge is 0.252 e. The zero-order valence-electron chi connectivity index (χ0n) is 7.61. The van der Waals surface area contributed by atoms with Crippen LogP contribution < -0.4 is 0 Å². The van der Waals surface area contributed by atoms with Gasteiger partial charge in [-0.25, -0.2) is 0 Å². The molecule has 0 aromatic carbocycles. The minimum Gasteiger partial charge on any atom is -0.252 e. The summed E-state index contributed by atoms with van der Waals surface area (Å²) >= 11 is 3.17. The third kappa shape index (κ3) is 3.92. The molecule has 0 N–H and O–H groups in total. The lowest BCUT2D eigenvalue weighted by molar-refractivity contribution is -0.141. The predicted molar refractivity (Wildman–Crippen MR) is 54.5 cm³/mol. The van der Waals surface area contributed by atoms with Gasteiger partial charge in [0.1, 0.15) is 5.69 Å². The number of halogens is 4. The fraction of sp³-hybridized carbons (Fsp3) is 0.300. The van der Waals surface area contributed by atoms with E-state index in [0.717, 1.165) is 12.3 Å². The van der Waals surface area contributed by atoms with Gasteiger partial charge in [-0.1, -0.05) is 27.8 Å². The van der Waals surface area contributed by atoms with Crippen molar-refractivity contribution in [2.24, 2.45) is 0 Å². The summed E-state index contributed by atoms with van der Waals surface area (Å²) in [6.07, 6.45) is -2.70. The molecular weight excluding hydrogens is 271 g/mol. The average Bonchev–Trinajstić information content (AvgIpc) is 2.17. The summed E-state index contributed by atoms with van der Waals surface area (Å²) in [5.74, 6) is 5.38. The molecular formula is C10H7BrF3N. The Morgan fingerprint density at radius 2 is 2.13 bits per heavy atom. The van der Waals surface area contributed by atoms with Gasteiger partial charge >= 0.3 is 6.18 Å². The highest BCUT2D eigenvalue weighted by Crippen LogP contribution is 2.27. The molecule has 1 nitrogen and oxygen atoms in total. The molecule has 0 aliphatic heterocycles. The second kappa shape index (κ2) is 5.17. The topological polar surface area (TPSA) is 12.9 Å². The lowest BCUT2D eigenvalue weighted by Gasteiger charge is -2.04. The standard InChI is InChI=1S/C10H7BrF3N/c11-5-2-1-3-8-4-6-15-9(7-8)10(12,13)14/h4,6-7H,2,5H2. The van der Waals surface area contributed by atoms with Crippen LogP contribution in [0, 0.1) is 11.8 Å². The fourth-order valence-corrected chi connectivity index (χ4v) is 1.07. The molecule has 15 heavy (non-hydrogen) atoms. The van der Waals surface area contributed by atoms with E-state index >= 15 is 0 Å². The van der Waals surface area contributed by atoms with Crippen LogP contribution >= 0.6 is 15.9 Å². The number of pyridine rings is 1. The van der Waals surface area contributed by atoms with Crippen LogP contribution in [0.1, 0.15) is 17.7 Å². The van der Waals surface area contributed by atoms with Crippen LogP contribution in [0.25, 0.3) is 0 Å². The molecule has 5 heteroatoms. The maximum Gasteiger partial charge on any atom is 0.433 e. The first-order valence-corrected chi connectivity index (χ1v) is 5.24. The van der Waals surface area contributed by atoms with Gasteiger partial charge in [0.2, 0.25) is 0 Å². The van der Waals surface area contributed by atoms with Crippen LogP contribution in [0.3, 0.4) is 0 Å². The molecule has 0 amide bonds. The van der Waals surface area contributed by atoms with Crippen molar-refractivity contribution in [2.45, 2.75) is 12.6 Å². The van der Waals surface area contributed by atoms with Crippen molar-refractivity contribution < 1.29 is 13.2 Å². The van der Waals surface area contributed by atoms with Gasteiger partial charge in [-0.05, 0) is 12.1 Å². The Kier molecular flexibility index (Phi) is 4.15. The van der Waals surface area contributed by atoms with Gasteiger partial charge < -0.3 is 0 Å². The van der Waals surface area contributed by atoms with Crippen molar-refractivity contribution in [3.63, 3.8) is 0 Å². The molecule has 0 saturated heterocycles. The molecule has 0 radical (unpaired) electrons. The monoisotopic (exact) mass is 277 g/mol. The quantitative estimate of drug-likeness (QED) is 0.567. The second-order valence-electron chi connectivity index (χ2n) is 2.67. The summed E-state index contributed by atoms with van der Waals surface area (Å²) < 4.78 is 36.7. The van der Waals surface area contributed by atoms with Crippen LogP contribution in [-0.4, -0.2) is 10.3 Å². The molecule has 0 aliphatic carbocycles. The Morgan fingerprint density at radius 1 is 1.40 bits per heavy atom. The van der Waals surface area contributed by atoms with Crippen LogP contribution in [0.5, 0.6) is 0 Å². The average molecular weight is 278 g/mol. The molecule has 1 heterocycles. The lowest BCUT2D eigenvalue weighted by atomic mass is 10.2. The Balaban J connectivity index is 2.90. The number of rotatable bonds is 1. The van der Waals surface area contributed by atoms with Crippen molar-refractivity contribution in [3.05, 3.63) is 29.6 Å². The molecule has 0 saturated carbocycles. The van der Waals surface area contributed by atoms with E-state index < -0.39 is 11.9 Å². The molecule has 0 aliphatic rings. The summed E-state index contributed by atoms with van der Waals surface area (Å²) in [6, 6.07) is 2.40. The van der Waals surface area contributed by atoms with E-state index in [4.69, 9.17) is 0 Å². The summed E-state index contributed by atoms with van der Waals surface area (Å²) in [5, 5.41) is 0.706. The highest BCUT2D eigenvalue weighted by molar-refractivity contribution is 9.09. The first-order chi connectivity index (χ1) is 7.04. The largest absolute Gasteiger partial charge is 0.433 e. The number of alkyl halides is 4. The number of hydrogen-bond acceptors (Lipinski definition) is 1. The van der Waals surface area contributed by atoms with E-state index in [0.29, 0.717) is 17.3 Å². The molecule has 0 spiro atoms. The van der Waals surface area contributed by atoms with Gasteiger partial charge in [0.25, 0.3) is 0 Å². The van der Waals surface area contributed by atoms with Gasteiger partial charge in [0.05, 0.1) is 0 Å². The second-order valence-corrected chi connectivity index (χ2v) is 3.46. The third-order valence-electron chi connectivity index (χ3n) is 1.50. The number of aromatic nitrogens is 1. The summed E-state index contributed by atoms with van der Waals surface area (Å²) in [5.41, 5.74) is -0.577. The molecule has 80 valence electrons. The SMILES string of the molecule is FC(F)(F)c1cc(C#CCCBr)ccn1. The van der Waals surface area contributed by atoms with Crippen molar-refractivity contribution in [1.29, 1.82) is 0 Å². The van der Waals surface area contributed by atoms with Gasteiger partial charge in [0, 0.05) is 23.5 Å². The normalized spacial score (nSPS) is 10.7. The fourth-order valence-electron chi connectivity index (χ4n) is 0.875. The molecule has 1 aromatic rings. The van der Waals surface area contributed by atoms with Gasteiger partial charge in [0.15, 0.2) is 0 Å². The molecule has 1 rings (SSSR count). The van der Waals surface area contributed by atoms with Gasteiger partial charge in [-0.15, -0.1) is 0 Å². The Hall–Kier alpha value is -1.02. The third-order valence-corrected chi connectivity index (χ3v) is 1.90. The predicted octanol–water partition coefficient (Wildman–Crippen LogP) is 3.24. The van der Waals surface area contributed by atoms with E-state index in [9.17, 15) is 13.2 Å². The van der Waals surface area contributed by atoms with E-state index in [-0.39, 0.29) is 0 Å². The summed E-state index contributed by atoms with van der Waals surface area (Å²) in [6.45, 7) is 0. The van der Waals surface area contributed by atoms with Gasteiger partial charge in [-0.3, -0.25) is 4.98 Å². The summed E-state index contributed by atoms with van der Waals surface area (Å²) in [7, 11) is 0. The van der Waals surface area contributed by atoms with Crippen molar-refractivity contribution in [3.8, 4) is 11.8 Å². The molecule has 0 atom stereocenters. The van der Waals surface area contributed by atoms with E-state index in [1.54, 1.807) is 0 Å². The van der Waals surface area contributed by atoms with Crippen molar-refractivity contribution >= 4 is 15.9 Å². The molecule has 1 aromatic heterocycles. The molecule has 0 bridgehead atoms. The van der Waals surface area contributed by atoms with Crippen molar-refractivity contribution in [2.75, 3.05) is 5.33 Å². The van der Waals surface area contributed by atoms with E-state index in [1.165, 1.54) is 6.07 Å². The molecule has 0 unspecified atom stereocenters. The minimum atomic E-state index is -4.41. The Bertz CT molecular complexity index is 390. The lowest BCUT2D eigenvalue weighted by Crippen LogP contribution is -2.07. The van der Waals surface area contributed by atoms with Crippen LogP contribution in [0.4, 0.5) is 13.2 Å². The highest BCUT2D eigenvalue weighted by Gasteiger charge is 2.32. The first-order valence-electron chi connectivity index (χ1n) is 4.12. The highest BCUT2D eigenvalue weighted by atomic mass is 79.9. The van der Waals surface area contributed by atoms with Gasteiger partial charge in [-0.2, -0.15) is 13.2 Å². The minimum absolute atomic E-state index is 0.332. The maximum atomic E-state index is 12.2. The number of nitrogens with zero attached hydrogens (tertiary/aromatic N) is 1. The van der Waals surface area contributed by atoms with Crippen LogP contribution in [0.15, 0.2) is 18.3 Å². The zero-order chi connectivity index (χ0) is 11.3. The summed E-state index contributed by atoms with van der Waals surface area (Å²) in [4.78, 5) is 3.24. The Labute approximate surface area is 93.8 Å². The van der Waals surface area contributed by atoms with Crippen LogP contribution in [-0.2, 0) is 6.18 Å². The van der Waals surface area contributed by atoms with E-state index in [2.05, 4.69) is 32.8 Å². The molecule has 0 fully saturated rings. The Morgan fingerprint density at radius 3 is 2.73 bits per heavy atom. The van der Waals surface area contributed by atoms with Crippen molar-refractivity contribution in [1.82, 2.24) is 4.98 Å². The van der Waals surface area contributed by atoms with E-state index in [1.807, 2.05) is 0 Å². The van der Waals surface area contributed by atoms with Crippen LogP contribution in [0.2, 0.25) is 0 Å². The number of hydrogen-bond donors (Lipinski definition) is 0. The maximum absolute atomic E-state index is 12.2. The zero-order valence-corrected chi connectivity index (χ0v) is 9.19.